The number of hydrogen-bond donors (Lipinski definition) is 1. The Kier molecular flexibility index (Phi) is 4.41. The molecule has 3 fully saturated rings. The predicted octanol–water partition coefficient (Wildman–Crippen LogP) is 2.73. The minimum absolute atomic E-state index is 0.00138. The number of benzene rings is 1. The van der Waals surface area contributed by atoms with E-state index in [2.05, 4.69) is 11.5 Å². The molecule has 2 unspecified atom stereocenters. The van der Waals surface area contributed by atoms with Crippen LogP contribution in [0, 0.1) is 17.4 Å². The van der Waals surface area contributed by atoms with Gasteiger partial charge in [-0.3, -0.25) is 4.79 Å². The van der Waals surface area contributed by atoms with Gasteiger partial charge in [-0.1, -0.05) is 6.07 Å². The van der Waals surface area contributed by atoms with Crippen molar-refractivity contribution in [2.45, 2.75) is 50.0 Å². The summed E-state index contributed by atoms with van der Waals surface area (Å²) in [5.41, 5.74) is -0.179. The molecule has 5 nitrogen and oxygen atoms in total. The van der Waals surface area contributed by atoms with Crippen LogP contribution in [0.1, 0.15) is 31.2 Å². The number of alkyl halides is 3. The number of nitriles is 1. The van der Waals surface area contributed by atoms with E-state index in [1.807, 2.05) is 4.90 Å². The predicted molar refractivity (Wildman–Crippen MR) is 92.6 cm³/mol. The summed E-state index contributed by atoms with van der Waals surface area (Å²) in [6, 6.07) is 5.56. The number of hydrogen-bond acceptors (Lipinski definition) is 4. The molecule has 144 valence electrons. The largest absolute Gasteiger partial charge is 0.416 e. The van der Waals surface area contributed by atoms with E-state index in [1.165, 1.54) is 6.07 Å². The van der Waals surface area contributed by atoms with E-state index in [1.54, 1.807) is 11.0 Å². The molecule has 1 aromatic carbocycles. The fourth-order valence-electron chi connectivity index (χ4n) is 4.69. The standard InChI is InChI=1S/C19H21F3N4O/c20-19(21,22)13-2-1-3-14(8-13)25-7-6-12(10-25)18(27)24-16-9-15-4-5-17(16)26(15)11-23/h1-3,8,12,15-17H,4-7,9-10H2,(H,24,27)/t12?,15?,16-,17-/m1/s1. The smallest absolute Gasteiger partial charge is 0.371 e. The molecule has 27 heavy (non-hydrogen) atoms. The first-order valence-corrected chi connectivity index (χ1v) is 9.27. The molecule has 3 aliphatic heterocycles. The molecule has 0 aromatic heterocycles. The maximum Gasteiger partial charge on any atom is 0.416 e. The van der Waals surface area contributed by atoms with Crippen LogP contribution in [0.2, 0.25) is 0 Å². The number of halogens is 3. The molecule has 4 rings (SSSR count). The van der Waals surface area contributed by atoms with Crippen molar-refractivity contribution >= 4 is 11.6 Å². The van der Waals surface area contributed by atoms with E-state index >= 15 is 0 Å². The molecule has 0 spiro atoms. The summed E-state index contributed by atoms with van der Waals surface area (Å²) in [7, 11) is 0. The lowest BCUT2D eigenvalue weighted by Gasteiger charge is -2.24. The summed E-state index contributed by atoms with van der Waals surface area (Å²) >= 11 is 0. The highest BCUT2D eigenvalue weighted by Crippen LogP contribution is 2.37. The van der Waals surface area contributed by atoms with Gasteiger partial charge in [-0.15, -0.1) is 0 Å². The Bertz CT molecular complexity index is 775. The van der Waals surface area contributed by atoms with Crippen LogP contribution in [0.15, 0.2) is 24.3 Å². The first-order chi connectivity index (χ1) is 12.9. The van der Waals surface area contributed by atoms with Crippen molar-refractivity contribution in [3.63, 3.8) is 0 Å². The SMILES string of the molecule is N#CN1C2CC[C@@H]1[C@H](NC(=O)C1CCN(c3cccc(C(F)(F)F)c3)C1)C2. The summed E-state index contributed by atoms with van der Waals surface area (Å²) in [4.78, 5) is 16.3. The van der Waals surface area contributed by atoms with Gasteiger partial charge in [0.2, 0.25) is 5.91 Å². The zero-order valence-corrected chi connectivity index (χ0v) is 14.7. The van der Waals surface area contributed by atoms with Gasteiger partial charge in [0.05, 0.1) is 23.6 Å². The molecule has 0 aliphatic carbocycles. The maximum absolute atomic E-state index is 12.9. The van der Waals surface area contributed by atoms with E-state index in [-0.39, 0.29) is 30.0 Å². The first-order valence-electron chi connectivity index (χ1n) is 9.27. The summed E-state index contributed by atoms with van der Waals surface area (Å²) in [6.07, 6.45) is 1.19. The Balaban J connectivity index is 1.37. The van der Waals surface area contributed by atoms with Crippen LogP contribution in [-0.2, 0) is 11.0 Å². The van der Waals surface area contributed by atoms with Crippen molar-refractivity contribution in [3.05, 3.63) is 29.8 Å². The number of fused-ring (bicyclic) bond motifs is 2. The molecule has 2 bridgehead atoms. The zero-order valence-electron chi connectivity index (χ0n) is 14.7. The zero-order chi connectivity index (χ0) is 19.2. The minimum atomic E-state index is -4.37. The third-order valence-electron chi connectivity index (χ3n) is 6.08. The van der Waals surface area contributed by atoms with Gasteiger partial charge in [0.25, 0.3) is 0 Å². The molecule has 1 aromatic rings. The molecule has 0 radical (unpaired) electrons. The Morgan fingerprint density at radius 3 is 2.78 bits per heavy atom. The van der Waals surface area contributed by atoms with Gasteiger partial charge < -0.3 is 15.1 Å². The lowest BCUT2D eigenvalue weighted by atomic mass is 9.95. The van der Waals surface area contributed by atoms with Crippen LogP contribution in [0.3, 0.4) is 0 Å². The third-order valence-corrected chi connectivity index (χ3v) is 6.08. The van der Waals surface area contributed by atoms with Gasteiger partial charge in [0.1, 0.15) is 0 Å². The number of amides is 1. The van der Waals surface area contributed by atoms with E-state index in [0.717, 1.165) is 31.4 Å². The molecular weight excluding hydrogens is 357 g/mol. The van der Waals surface area contributed by atoms with E-state index in [0.29, 0.717) is 25.2 Å². The topological polar surface area (TPSA) is 59.4 Å². The van der Waals surface area contributed by atoms with Crippen LogP contribution in [0.25, 0.3) is 0 Å². The van der Waals surface area contributed by atoms with Crippen LogP contribution in [-0.4, -0.2) is 42.0 Å². The number of nitrogens with zero attached hydrogens (tertiary/aromatic N) is 3. The highest BCUT2D eigenvalue weighted by Gasteiger charge is 2.47. The van der Waals surface area contributed by atoms with Gasteiger partial charge in [-0.25, -0.2) is 0 Å². The normalized spacial score (nSPS) is 29.9. The first kappa shape index (κ1) is 18.0. The molecule has 8 heteroatoms. The molecule has 1 N–H and O–H groups in total. The fourth-order valence-corrected chi connectivity index (χ4v) is 4.69. The van der Waals surface area contributed by atoms with Gasteiger partial charge >= 0.3 is 6.18 Å². The fraction of sp³-hybridized carbons (Fsp3) is 0.579. The molecule has 1 amide bonds. The number of carbonyl (C=O) groups excluding carboxylic acids is 1. The number of carbonyl (C=O) groups is 1. The molecular formula is C19H21F3N4O. The maximum atomic E-state index is 12.9. The Labute approximate surface area is 155 Å². The number of anilines is 1. The van der Waals surface area contributed by atoms with Crippen molar-refractivity contribution in [2.75, 3.05) is 18.0 Å². The Morgan fingerprint density at radius 2 is 2.07 bits per heavy atom. The van der Waals surface area contributed by atoms with Crippen LogP contribution in [0.4, 0.5) is 18.9 Å². The average molecular weight is 378 g/mol. The summed E-state index contributed by atoms with van der Waals surface area (Å²) in [5.74, 6) is -0.297. The minimum Gasteiger partial charge on any atom is -0.371 e. The molecule has 3 saturated heterocycles. The lowest BCUT2D eigenvalue weighted by molar-refractivity contribution is -0.137. The van der Waals surface area contributed by atoms with Gasteiger partial charge in [0.15, 0.2) is 6.19 Å². The molecule has 3 aliphatic rings. The molecule has 0 saturated carbocycles. The second kappa shape index (κ2) is 6.63. The van der Waals surface area contributed by atoms with Gasteiger partial charge in [-0.05, 0) is 43.9 Å². The van der Waals surface area contributed by atoms with Crippen LogP contribution >= 0.6 is 0 Å². The highest BCUT2D eigenvalue weighted by molar-refractivity contribution is 5.80. The molecule has 3 heterocycles. The summed E-state index contributed by atoms with van der Waals surface area (Å²) in [5, 5.41) is 12.3. The lowest BCUT2D eigenvalue weighted by Crippen LogP contribution is -2.46. The Morgan fingerprint density at radius 1 is 1.26 bits per heavy atom. The second-order valence-corrected chi connectivity index (χ2v) is 7.64. The van der Waals surface area contributed by atoms with Gasteiger partial charge in [-0.2, -0.15) is 18.4 Å². The van der Waals surface area contributed by atoms with E-state index < -0.39 is 11.7 Å². The van der Waals surface area contributed by atoms with Crippen molar-refractivity contribution in [3.8, 4) is 6.19 Å². The summed E-state index contributed by atoms with van der Waals surface area (Å²) < 4.78 is 38.7. The van der Waals surface area contributed by atoms with Crippen LogP contribution in [0.5, 0.6) is 0 Å². The second-order valence-electron chi connectivity index (χ2n) is 7.64. The van der Waals surface area contributed by atoms with Crippen LogP contribution < -0.4 is 10.2 Å². The van der Waals surface area contributed by atoms with Crippen molar-refractivity contribution in [2.24, 2.45) is 5.92 Å². The molecule has 4 atom stereocenters. The quantitative estimate of drug-likeness (QED) is 0.822. The Hall–Kier alpha value is -2.43. The van der Waals surface area contributed by atoms with Crippen molar-refractivity contribution in [1.82, 2.24) is 10.2 Å². The van der Waals surface area contributed by atoms with Gasteiger partial charge in [0, 0.05) is 24.8 Å². The number of nitrogens with one attached hydrogen (secondary N) is 1. The van der Waals surface area contributed by atoms with E-state index in [4.69, 9.17) is 0 Å². The van der Waals surface area contributed by atoms with Crippen molar-refractivity contribution in [1.29, 1.82) is 5.26 Å². The average Bonchev–Trinajstić information content (AvgIpc) is 3.35. The summed E-state index contributed by atoms with van der Waals surface area (Å²) in [6.45, 7) is 0.969. The van der Waals surface area contributed by atoms with Crippen molar-refractivity contribution < 1.29 is 18.0 Å². The monoisotopic (exact) mass is 378 g/mol. The highest BCUT2D eigenvalue weighted by atomic mass is 19.4. The number of rotatable bonds is 3. The van der Waals surface area contributed by atoms with E-state index in [9.17, 15) is 23.2 Å². The third kappa shape index (κ3) is 3.31.